The molecule has 35 heavy (non-hydrogen) atoms. The predicted octanol–water partition coefficient (Wildman–Crippen LogP) is 3.58. The van der Waals surface area contributed by atoms with Crippen molar-refractivity contribution in [3.05, 3.63) is 63.1 Å². The number of hydrogen-bond donors (Lipinski definition) is 2. The van der Waals surface area contributed by atoms with Gasteiger partial charge in [0.2, 0.25) is 11.8 Å². The van der Waals surface area contributed by atoms with Crippen LogP contribution in [0.4, 0.5) is 5.69 Å². The summed E-state index contributed by atoms with van der Waals surface area (Å²) in [6, 6.07) is 14.0. The lowest BCUT2D eigenvalue weighted by Crippen LogP contribution is -2.44. The Labute approximate surface area is 214 Å². The van der Waals surface area contributed by atoms with E-state index >= 15 is 0 Å². The first-order valence-electron chi connectivity index (χ1n) is 10.3. The molecule has 3 rings (SSSR count). The number of rotatable bonds is 8. The zero-order chi connectivity index (χ0) is 25.5. The summed E-state index contributed by atoms with van der Waals surface area (Å²) in [6.07, 6.45) is 0. The van der Waals surface area contributed by atoms with E-state index in [1.807, 2.05) is 0 Å². The monoisotopic (exact) mass is 559 g/mol. The zero-order valence-electron chi connectivity index (χ0n) is 19.1. The molecule has 0 radical (unpaired) electrons. The van der Waals surface area contributed by atoms with Gasteiger partial charge in [-0.25, -0.2) is 0 Å². The van der Waals surface area contributed by atoms with E-state index in [0.717, 1.165) is 11.8 Å². The first-order valence-corrected chi connectivity index (χ1v) is 12.0. The number of amides is 2. The molecule has 1 aliphatic heterocycles. The van der Waals surface area contributed by atoms with Gasteiger partial charge in [0.05, 0.1) is 48.2 Å². The predicted molar refractivity (Wildman–Crippen MR) is 134 cm³/mol. The van der Waals surface area contributed by atoms with Crippen LogP contribution in [0.25, 0.3) is 0 Å². The molecule has 182 valence electrons. The van der Waals surface area contributed by atoms with E-state index in [1.54, 1.807) is 49.6 Å². The molecular formula is C24H22BrN3O6S. The van der Waals surface area contributed by atoms with E-state index < -0.39 is 23.7 Å². The molecule has 0 unspecified atom stereocenters. The van der Waals surface area contributed by atoms with Crippen LogP contribution in [0.15, 0.2) is 57.5 Å². The number of methoxy groups -OCH3 is 3. The summed E-state index contributed by atoms with van der Waals surface area (Å²) < 4.78 is 15.8. The van der Waals surface area contributed by atoms with E-state index in [4.69, 9.17) is 14.2 Å². The highest BCUT2D eigenvalue weighted by Crippen LogP contribution is 2.42. The Bertz CT molecular complexity index is 1210. The van der Waals surface area contributed by atoms with Crippen LogP contribution in [0.2, 0.25) is 0 Å². The number of benzene rings is 2. The summed E-state index contributed by atoms with van der Waals surface area (Å²) in [7, 11) is 4.24. The lowest BCUT2D eigenvalue weighted by Gasteiger charge is -2.31. The Kier molecular flexibility index (Phi) is 8.78. The van der Waals surface area contributed by atoms with Gasteiger partial charge in [-0.3, -0.25) is 14.4 Å². The van der Waals surface area contributed by atoms with E-state index in [9.17, 15) is 19.6 Å². The molecule has 2 amide bonds. The average Bonchev–Trinajstić information content (AvgIpc) is 2.86. The number of anilines is 1. The number of nitrogens with zero attached hydrogens (tertiary/aromatic N) is 1. The van der Waals surface area contributed by atoms with Crippen LogP contribution in [-0.4, -0.2) is 44.9 Å². The fraction of sp³-hybridized carbons (Fsp3) is 0.250. The molecule has 0 spiro atoms. The number of carbonyl (C=O) groups is 3. The molecule has 2 aromatic carbocycles. The van der Waals surface area contributed by atoms with Crippen molar-refractivity contribution in [1.82, 2.24) is 5.32 Å². The minimum absolute atomic E-state index is 0.0747. The molecular weight excluding hydrogens is 538 g/mol. The van der Waals surface area contributed by atoms with Gasteiger partial charge in [-0.15, -0.1) is 0 Å². The molecule has 0 aromatic heterocycles. The second-order valence-electron chi connectivity index (χ2n) is 7.28. The summed E-state index contributed by atoms with van der Waals surface area (Å²) in [4.78, 5) is 38.0. The minimum Gasteiger partial charge on any atom is -0.497 e. The summed E-state index contributed by atoms with van der Waals surface area (Å²) in [6.45, 7) is 0. The first-order chi connectivity index (χ1) is 16.8. The Hall–Kier alpha value is -3.49. The molecule has 2 aromatic rings. The second kappa shape index (κ2) is 11.8. The highest BCUT2D eigenvalue weighted by atomic mass is 79.9. The lowest BCUT2D eigenvalue weighted by molar-refractivity contribution is -0.150. The third-order valence-electron chi connectivity index (χ3n) is 5.24. The van der Waals surface area contributed by atoms with Crippen molar-refractivity contribution >= 4 is 51.2 Å². The first kappa shape index (κ1) is 26.1. The fourth-order valence-corrected chi connectivity index (χ4v) is 4.97. The quantitative estimate of drug-likeness (QED) is 0.371. The standard InChI is InChI=1S/C24H22BrN3O6S/c1-32-15-7-5-14(6-8-15)27-19(29)12-35-23-16(11-26)20(21(22(30)28-23)24(31)34-3)13-4-9-18(33-2)17(25)10-13/h4-10,20-21H,12H2,1-3H3,(H,27,29)(H,28,30)/t20-,21-/m0/s1. The number of esters is 1. The summed E-state index contributed by atoms with van der Waals surface area (Å²) in [5.74, 6) is -2.77. The van der Waals surface area contributed by atoms with Gasteiger partial charge in [-0.2, -0.15) is 5.26 Å². The van der Waals surface area contributed by atoms with Gasteiger partial charge in [-0.1, -0.05) is 17.8 Å². The largest absolute Gasteiger partial charge is 0.497 e. The van der Waals surface area contributed by atoms with Crippen molar-refractivity contribution in [3.63, 3.8) is 0 Å². The van der Waals surface area contributed by atoms with Crippen molar-refractivity contribution < 1.29 is 28.6 Å². The summed E-state index contributed by atoms with van der Waals surface area (Å²) in [5, 5.41) is 15.6. The lowest BCUT2D eigenvalue weighted by atomic mass is 9.78. The van der Waals surface area contributed by atoms with Crippen molar-refractivity contribution in [1.29, 1.82) is 5.26 Å². The van der Waals surface area contributed by atoms with Gasteiger partial charge in [-0.05, 0) is 57.9 Å². The second-order valence-corrected chi connectivity index (χ2v) is 9.12. The van der Waals surface area contributed by atoms with Crippen LogP contribution in [0, 0.1) is 17.2 Å². The van der Waals surface area contributed by atoms with Gasteiger partial charge in [0.25, 0.3) is 0 Å². The number of carbonyl (C=O) groups excluding carboxylic acids is 3. The number of hydrogen-bond acceptors (Lipinski definition) is 8. The van der Waals surface area contributed by atoms with Crippen molar-refractivity contribution in [2.75, 3.05) is 32.4 Å². The smallest absolute Gasteiger partial charge is 0.319 e. The Balaban J connectivity index is 1.89. The van der Waals surface area contributed by atoms with Crippen LogP contribution in [0.1, 0.15) is 11.5 Å². The van der Waals surface area contributed by atoms with E-state index in [-0.39, 0.29) is 22.3 Å². The summed E-state index contributed by atoms with van der Waals surface area (Å²) in [5.41, 5.74) is 1.27. The van der Waals surface area contributed by atoms with E-state index in [2.05, 4.69) is 32.6 Å². The van der Waals surface area contributed by atoms with Gasteiger partial charge < -0.3 is 24.8 Å². The molecule has 1 heterocycles. The van der Waals surface area contributed by atoms with Gasteiger partial charge in [0.1, 0.15) is 17.4 Å². The van der Waals surface area contributed by atoms with E-state index in [1.165, 1.54) is 14.2 Å². The van der Waals surface area contributed by atoms with Crippen molar-refractivity contribution in [3.8, 4) is 17.6 Å². The number of nitrogens with one attached hydrogen (secondary N) is 2. The molecule has 0 bridgehead atoms. The van der Waals surface area contributed by atoms with E-state index in [0.29, 0.717) is 27.2 Å². The Morgan fingerprint density at radius 1 is 1.14 bits per heavy atom. The number of nitriles is 1. The van der Waals surface area contributed by atoms with Crippen LogP contribution in [-0.2, 0) is 19.1 Å². The SMILES string of the molecule is COC(=O)[C@@H]1C(=O)NC(SCC(=O)Nc2ccc(OC)cc2)=C(C#N)[C@@H]1c1ccc(OC)c(Br)c1. The Morgan fingerprint density at radius 2 is 1.86 bits per heavy atom. The van der Waals surface area contributed by atoms with Gasteiger partial charge >= 0.3 is 5.97 Å². The van der Waals surface area contributed by atoms with Crippen molar-refractivity contribution in [2.45, 2.75) is 5.92 Å². The third-order valence-corrected chi connectivity index (χ3v) is 6.88. The molecule has 9 nitrogen and oxygen atoms in total. The fourth-order valence-electron chi connectivity index (χ4n) is 3.56. The zero-order valence-corrected chi connectivity index (χ0v) is 21.5. The highest BCUT2D eigenvalue weighted by molar-refractivity contribution is 9.10. The normalized spacial score (nSPS) is 17.2. The third kappa shape index (κ3) is 5.96. The topological polar surface area (TPSA) is 127 Å². The molecule has 0 saturated heterocycles. The van der Waals surface area contributed by atoms with Crippen LogP contribution in [0.3, 0.4) is 0 Å². The van der Waals surface area contributed by atoms with Crippen LogP contribution < -0.4 is 20.1 Å². The summed E-state index contributed by atoms with van der Waals surface area (Å²) >= 11 is 4.40. The maximum Gasteiger partial charge on any atom is 0.319 e. The van der Waals surface area contributed by atoms with Crippen LogP contribution >= 0.6 is 27.7 Å². The van der Waals surface area contributed by atoms with Crippen LogP contribution in [0.5, 0.6) is 11.5 Å². The number of halogens is 1. The van der Waals surface area contributed by atoms with Crippen molar-refractivity contribution in [2.24, 2.45) is 5.92 Å². The minimum atomic E-state index is -1.27. The molecule has 1 aliphatic rings. The maximum absolute atomic E-state index is 12.9. The molecule has 2 N–H and O–H groups in total. The molecule has 11 heteroatoms. The Morgan fingerprint density at radius 3 is 2.43 bits per heavy atom. The van der Waals surface area contributed by atoms with Gasteiger partial charge in [0, 0.05) is 11.6 Å². The van der Waals surface area contributed by atoms with Gasteiger partial charge in [0.15, 0.2) is 0 Å². The molecule has 0 saturated carbocycles. The number of thioether (sulfide) groups is 1. The molecule has 0 fully saturated rings. The molecule has 2 atom stereocenters. The maximum atomic E-state index is 12.9. The molecule has 0 aliphatic carbocycles. The highest BCUT2D eigenvalue weighted by Gasteiger charge is 2.44. The number of allylic oxidation sites excluding steroid dienone is 1. The average molecular weight is 560 g/mol. The number of ether oxygens (including phenoxy) is 3.